The van der Waals surface area contributed by atoms with E-state index in [0.29, 0.717) is 18.7 Å². The van der Waals surface area contributed by atoms with Crippen molar-refractivity contribution in [2.45, 2.75) is 13.3 Å². The van der Waals surface area contributed by atoms with Crippen LogP contribution >= 0.6 is 0 Å². The maximum absolute atomic E-state index is 11.8. The molecule has 0 fully saturated rings. The Morgan fingerprint density at radius 1 is 1.28 bits per heavy atom. The number of carbonyl (C=O) groups is 1. The van der Waals surface area contributed by atoms with Crippen molar-refractivity contribution in [2.24, 2.45) is 0 Å². The second kappa shape index (κ2) is 7.71. The first-order chi connectivity index (χ1) is 8.63. The van der Waals surface area contributed by atoms with E-state index in [0.717, 1.165) is 18.7 Å². The summed E-state index contributed by atoms with van der Waals surface area (Å²) in [7, 11) is 4.04. The van der Waals surface area contributed by atoms with Crippen molar-refractivity contribution in [1.29, 1.82) is 0 Å². The highest BCUT2D eigenvalue weighted by molar-refractivity contribution is 5.94. The molecule has 0 aliphatic carbocycles. The quantitative estimate of drug-likeness (QED) is 0.750. The van der Waals surface area contributed by atoms with Gasteiger partial charge >= 0.3 is 0 Å². The molecule has 0 aliphatic heterocycles. The number of carbonyl (C=O) groups excluding carboxylic acids is 1. The molecule has 1 N–H and O–H groups in total. The summed E-state index contributed by atoms with van der Waals surface area (Å²) >= 11 is 0. The predicted molar refractivity (Wildman–Crippen MR) is 73.1 cm³/mol. The van der Waals surface area contributed by atoms with E-state index in [4.69, 9.17) is 4.74 Å². The zero-order valence-corrected chi connectivity index (χ0v) is 11.4. The maximum Gasteiger partial charge on any atom is 0.251 e. The summed E-state index contributed by atoms with van der Waals surface area (Å²) in [6, 6.07) is 7.20. The zero-order chi connectivity index (χ0) is 13.4. The molecule has 1 amide bonds. The summed E-state index contributed by atoms with van der Waals surface area (Å²) < 4.78 is 5.33. The van der Waals surface area contributed by atoms with Crippen molar-refractivity contribution in [3.8, 4) is 5.75 Å². The Morgan fingerprint density at radius 3 is 2.50 bits per heavy atom. The van der Waals surface area contributed by atoms with Gasteiger partial charge in [0.15, 0.2) is 0 Å². The highest BCUT2D eigenvalue weighted by atomic mass is 16.5. The van der Waals surface area contributed by atoms with Gasteiger partial charge in [0.25, 0.3) is 5.91 Å². The lowest BCUT2D eigenvalue weighted by atomic mass is 10.2. The smallest absolute Gasteiger partial charge is 0.251 e. The summed E-state index contributed by atoms with van der Waals surface area (Å²) in [5.74, 6) is 0.762. The maximum atomic E-state index is 11.8. The molecule has 0 radical (unpaired) electrons. The highest BCUT2D eigenvalue weighted by Crippen LogP contribution is 2.11. The number of rotatable bonds is 7. The Labute approximate surface area is 109 Å². The molecule has 4 heteroatoms. The number of benzene rings is 1. The van der Waals surface area contributed by atoms with Gasteiger partial charge in [-0.25, -0.2) is 0 Å². The molecule has 1 aromatic rings. The molecule has 0 unspecified atom stereocenters. The summed E-state index contributed by atoms with van der Waals surface area (Å²) in [5.41, 5.74) is 0.670. The average molecular weight is 250 g/mol. The van der Waals surface area contributed by atoms with Crippen LogP contribution in [0.25, 0.3) is 0 Å². The van der Waals surface area contributed by atoms with Crippen molar-refractivity contribution in [1.82, 2.24) is 10.2 Å². The first-order valence-electron chi connectivity index (χ1n) is 6.29. The molecule has 100 valence electrons. The van der Waals surface area contributed by atoms with Gasteiger partial charge in [-0.1, -0.05) is 0 Å². The fourth-order valence-corrected chi connectivity index (χ4v) is 1.57. The van der Waals surface area contributed by atoms with Gasteiger partial charge in [0.2, 0.25) is 0 Å². The Bertz CT molecular complexity index is 361. The van der Waals surface area contributed by atoms with E-state index in [9.17, 15) is 4.79 Å². The number of nitrogens with one attached hydrogen (secondary N) is 1. The molecule has 0 spiro atoms. The van der Waals surface area contributed by atoms with Crippen LogP contribution in [0.4, 0.5) is 0 Å². The van der Waals surface area contributed by atoms with Crippen LogP contribution in [0.2, 0.25) is 0 Å². The molecule has 18 heavy (non-hydrogen) atoms. The molecule has 1 rings (SSSR count). The molecule has 0 aromatic heterocycles. The minimum absolute atomic E-state index is 0.0307. The van der Waals surface area contributed by atoms with Gasteiger partial charge in [-0.2, -0.15) is 0 Å². The van der Waals surface area contributed by atoms with E-state index in [1.807, 2.05) is 33.2 Å². The SMILES string of the molecule is CCOc1ccc(C(=O)NCCCN(C)C)cc1. The van der Waals surface area contributed by atoms with Crippen molar-refractivity contribution in [3.05, 3.63) is 29.8 Å². The molecule has 0 saturated heterocycles. The lowest BCUT2D eigenvalue weighted by molar-refractivity contribution is 0.0952. The van der Waals surface area contributed by atoms with Gasteiger partial charge in [-0.15, -0.1) is 0 Å². The van der Waals surface area contributed by atoms with Crippen molar-refractivity contribution < 1.29 is 9.53 Å². The number of amides is 1. The van der Waals surface area contributed by atoms with Crippen LogP contribution in [-0.4, -0.2) is 44.6 Å². The molecule has 1 aromatic carbocycles. The average Bonchev–Trinajstić information content (AvgIpc) is 2.35. The van der Waals surface area contributed by atoms with E-state index in [2.05, 4.69) is 10.2 Å². The Hall–Kier alpha value is -1.55. The molecule has 0 atom stereocenters. The summed E-state index contributed by atoms with van der Waals surface area (Å²) in [6.45, 7) is 4.25. The Balaban J connectivity index is 2.37. The third kappa shape index (κ3) is 5.19. The fourth-order valence-electron chi connectivity index (χ4n) is 1.57. The topological polar surface area (TPSA) is 41.6 Å². The summed E-state index contributed by atoms with van der Waals surface area (Å²) in [6.07, 6.45) is 0.954. The number of ether oxygens (including phenoxy) is 1. The normalized spacial score (nSPS) is 10.4. The van der Waals surface area contributed by atoms with Crippen LogP contribution < -0.4 is 10.1 Å². The molecule has 0 aliphatic rings. The van der Waals surface area contributed by atoms with Gasteiger partial charge in [0.1, 0.15) is 5.75 Å². The standard InChI is InChI=1S/C14H22N2O2/c1-4-18-13-8-6-12(7-9-13)14(17)15-10-5-11-16(2)3/h6-9H,4-5,10-11H2,1-3H3,(H,15,17). The van der Waals surface area contributed by atoms with Crippen LogP contribution in [0.15, 0.2) is 24.3 Å². The van der Waals surface area contributed by atoms with E-state index in [1.165, 1.54) is 0 Å². The summed E-state index contributed by atoms with van der Waals surface area (Å²) in [5, 5.41) is 2.90. The monoisotopic (exact) mass is 250 g/mol. The molecular formula is C14H22N2O2. The number of nitrogens with zero attached hydrogens (tertiary/aromatic N) is 1. The molecule has 4 nitrogen and oxygen atoms in total. The van der Waals surface area contributed by atoms with Crippen LogP contribution in [0, 0.1) is 0 Å². The fraction of sp³-hybridized carbons (Fsp3) is 0.500. The van der Waals surface area contributed by atoms with Crippen LogP contribution in [-0.2, 0) is 0 Å². The minimum Gasteiger partial charge on any atom is -0.494 e. The van der Waals surface area contributed by atoms with Crippen LogP contribution in [0.5, 0.6) is 5.75 Å². The molecule has 0 heterocycles. The van der Waals surface area contributed by atoms with E-state index < -0.39 is 0 Å². The Kier molecular flexibility index (Phi) is 6.22. The van der Waals surface area contributed by atoms with Crippen molar-refractivity contribution >= 4 is 5.91 Å². The van der Waals surface area contributed by atoms with Gasteiger partial charge < -0.3 is 15.0 Å². The van der Waals surface area contributed by atoms with Gasteiger partial charge in [0.05, 0.1) is 6.61 Å². The van der Waals surface area contributed by atoms with Crippen LogP contribution in [0.3, 0.4) is 0 Å². The van der Waals surface area contributed by atoms with Gasteiger partial charge in [0, 0.05) is 12.1 Å². The number of hydrogen-bond acceptors (Lipinski definition) is 3. The zero-order valence-electron chi connectivity index (χ0n) is 11.4. The van der Waals surface area contributed by atoms with Crippen molar-refractivity contribution in [2.75, 3.05) is 33.8 Å². The largest absolute Gasteiger partial charge is 0.494 e. The first kappa shape index (κ1) is 14.5. The van der Waals surface area contributed by atoms with E-state index in [-0.39, 0.29) is 5.91 Å². The first-order valence-corrected chi connectivity index (χ1v) is 6.29. The highest BCUT2D eigenvalue weighted by Gasteiger charge is 2.04. The van der Waals surface area contributed by atoms with Gasteiger partial charge in [-0.3, -0.25) is 4.79 Å². The molecular weight excluding hydrogens is 228 g/mol. The van der Waals surface area contributed by atoms with Gasteiger partial charge in [-0.05, 0) is 58.3 Å². The number of hydrogen-bond donors (Lipinski definition) is 1. The van der Waals surface area contributed by atoms with Crippen LogP contribution in [0.1, 0.15) is 23.7 Å². The second-order valence-electron chi connectivity index (χ2n) is 4.37. The lowest BCUT2D eigenvalue weighted by Crippen LogP contribution is -2.27. The second-order valence-corrected chi connectivity index (χ2v) is 4.37. The Morgan fingerprint density at radius 2 is 1.94 bits per heavy atom. The molecule has 0 bridgehead atoms. The minimum atomic E-state index is -0.0307. The lowest BCUT2D eigenvalue weighted by Gasteiger charge is -2.10. The predicted octanol–water partition coefficient (Wildman–Crippen LogP) is 1.77. The van der Waals surface area contributed by atoms with Crippen molar-refractivity contribution in [3.63, 3.8) is 0 Å². The summed E-state index contributed by atoms with van der Waals surface area (Å²) in [4.78, 5) is 13.9. The molecule has 0 saturated carbocycles. The third-order valence-corrected chi connectivity index (χ3v) is 2.50. The van der Waals surface area contributed by atoms with E-state index in [1.54, 1.807) is 12.1 Å². The van der Waals surface area contributed by atoms with E-state index >= 15 is 0 Å². The third-order valence-electron chi connectivity index (χ3n) is 2.50.